The summed E-state index contributed by atoms with van der Waals surface area (Å²) in [6, 6.07) is 0. The Morgan fingerprint density at radius 2 is 2.36 bits per heavy atom. The maximum atomic E-state index is 10.5. The van der Waals surface area contributed by atoms with E-state index >= 15 is 0 Å². The number of hydrogen-bond donors (Lipinski definition) is 1. The predicted octanol–water partition coefficient (Wildman–Crippen LogP) is 0.0404. The van der Waals surface area contributed by atoms with Gasteiger partial charge in [0.05, 0.1) is 5.75 Å². The van der Waals surface area contributed by atoms with E-state index in [-0.39, 0.29) is 5.91 Å². The van der Waals surface area contributed by atoms with Gasteiger partial charge in [-0.3, -0.25) is 9.79 Å². The second-order valence-corrected chi connectivity index (χ2v) is 2.70. The van der Waals surface area contributed by atoms with Crippen molar-refractivity contribution in [1.29, 1.82) is 0 Å². The molecule has 1 N–H and O–H groups in total. The zero-order valence-corrected chi connectivity index (χ0v) is 7.27. The maximum absolute atomic E-state index is 10.5. The lowest BCUT2D eigenvalue weighted by Crippen LogP contribution is -2.25. The quantitative estimate of drug-likeness (QED) is 0.365. The van der Waals surface area contributed by atoms with Gasteiger partial charge in [0.15, 0.2) is 5.17 Å². The molecule has 0 bridgehead atoms. The number of rotatable bonds is 2. The molecule has 0 heterocycles. The molecule has 0 aliphatic heterocycles. The number of thioether (sulfide) groups is 1. The van der Waals surface area contributed by atoms with Gasteiger partial charge in [-0.25, -0.2) is 0 Å². The van der Waals surface area contributed by atoms with Crippen molar-refractivity contribution in [3.8, 4) is 0 Å². The Morgan fingerprint density at radius 1 is 1.73 bits per heavy atom. The Labute approximate surface area is 69.5 Å². The number of amides is 1. The lowest BCUT2D eigenvalue weighted by atomic mass is 10.7. The SMILES string of the molecule is C/N=C(/NC(C)=O)SCC=O. The zero-order valence-electron chi connectivity index (χ0n) is 6.46. The summed E-state index contributed by atoms with van der Waals surface area (Å²) in [5.41, 5.74) is 0. The molecule has 5 heteroatoms. The monoisotopic (exact) mass is 174 g/mol. The first kappa shape index (κ1) is 10.2. The van der Waals surface area contributed by atoms with Gasteiger partial charge in [0.25, 0.3) is 0 Å². The van der Waals surface area contributed by atoms with Gasteiger partial charge < -0.3 is 10.1 Å². The fraction of sp³-hybridized carbons (Fsp3) is 0.500. The average Bonchev–Trinajstić information content (AvgIpc) is 1.97. The van der Waals surface area contributed by atoms with Crippen LogP contribution in [0.5, 0.6) is 0 Å². The molecule has 0 aromatic heterocycles. The molecule has 0 saturated heterocycles. The van der Waals surface area contributed by atoms with Crippen molar-refractivity contribution in [3.63, 3.8) is 0 Å². The van der Waals surface area contributed by atoms with E-state index in [4.69, 9.17) is 0 Å². The predicted molar refractivity (Wildman–Crippen MR) is 45.7 cm³/mol. The van der Waals surface area contributed by atoms with E-state index < -0.39 is 0 Å². The first-order valence-corrected chi connectivity index (χ1v) is 4.00. The van der Waals surface area contributed by atoms with Crippen molar-refractivity contribution in [2.75, 3.05) is 12.8 Å². The van der Waals surface area contributed by atoms with Crippen LogP contribution in [0.2, 0.25) is 0 Å². The van der Waals surface area contributed by atoms with Crippen molar-refractivity contribution in [2.45, 2.75) is 6.92 Å². The molecule has 1 amide bonds. The first-order valence-electron chi connectivity index (χ1n) is 3.01. The summed E-state index contributed by atoms with van der Waals surface area (Å²) in [5, 5.41) is 2.96. The molecular formula is C6H10N2O2S. The van der Waals surface area contributed by atoms with Crippen molar-refractivity contribution in [1.82, 2.24) is 5.32 Å². The fourth-order valence-corrected chi connectivity index (χ4v) is 0.991. The second kappa shape index (κ2) is 5.91. The summed E-state index contributed by atoms with van der Waals surface area (Å²) in [4.78, 5) is 24.2. The largest absolute Gasteiger partial charge is 0.306 e. The second-order valence-electron chi connectivity index (χ2n) is 1.69. The summed E-state index contributed by atoms with van der Waals surface area (Å²) in [6.07, 6.45) is 0.762. The van der Waals surface area contributed by atoms with Gasteiger partial charge in [0.1, 0.15) is 6.29 Å². The van der Waals surface area contributed by atoms with Crippen LogP contribution in [0.25, 0.3) is 0 Å². The number of carbonyl (C=O) groups is 2. The van der Waals surface area contributed by atoms with Crippen LogP contribution >= 0.6 is 11.8 Å². The maximum Gasteiger partial charge on any atom is 0.222 e. The molecule has 0 fully saturated rings. The highest BCUT2D eigenvalue weighted by molar-refractivity contribution is 8.14. The van der Waals surface area contributed by atoms with E-state index in [1.54, 1.807) is 7.05 Å². The van der Waals surface area contributed by atoms with Crippen LogP contribution in [-0.2, 0) is 9.59 Å². The van der Waals surface area contributed by atoms with E-state index in [1.807, 2.05) is 0 Å². The van der Waals surface area contributed by atoms with Gasteiger partial charge in [-0.05, 0) is 0 Å². The van der Waals surface area contributed by atoms with Gasteiger partial charge >= 0.3 is 0 Å². The number of amidine groups is 1. The Bertz CT molecular complexity index is 179. The number of hydrogen-bond acceptors (Lipinski definition) is 4. The molecule has 0 radical (unpaired) electrons. The van der Waals surface area contributed by atoms with Crippen molar-refractivity contribution < 1.29 is 9.59 Å². The smallest absolute Gasteiger partial charge is 0.222 e. The molecular weight excluding hydrogens is 164 g/mol. The van der Waals surface area contributed by atoms with Crippen LogP contribution in [-0.4, -0.2) is 30.2 Å². The molecule has 62 valence electrons. The van der Waals surface area contributed by atoms with Crippen molar-refractivity contribution >= 4 is 29.1 Å². The van der Waals surface area contributed by atoms with Crippen LogP contribution in [0.1, 0.15) is 6.92 Å². The number of nitrogens with zero attached hydrogens (tertiary/aromatic N) is 1. The summed E-state index contributed by atoms with van der Waals surface area (Å²) < 4.78 is 0. The van der Waals surface area contributed by atoms with Gasteiger partial charge in [0.2, 0.25) is 5.91 Å². The van der Waals surface area contributed by atoms with Gasteiger partial charge in [0, 0.05) is 14.0 Å². The third-order valence-electron chi connectivity index (χ3n) is 0.774. The van der Waals surface area contributed by atoms with Gasteiger partial charge in [-0.2, -0.15) is 0 Å². The summed E-state index contributed by atoms with van der Waals surface area (Å²) in [5.74, 6) is 0.136. The Hall–Kier alpha value is -0.840. The molecule has 0 aromatic rings. The van der Waals surface area contributed by atoms with Gasteiger partial charge in [-0.1, -0.05) is 11.8 Å². The van der Waals surface area contributed by atoms with Gasteiger partial charge in [-0.15, -0.1) is 0 Å². The summed E-state index contributed by atoms with van der Waals surface area (Å²) in [6.45, 7) is 1.40. The third kappa shape index (κ3) is 5.60. The molecule has 0 spiro atoms. The molecule has 0 aliphatic carbocycles. The van der Waals surface area contributed by atoms with E-state index in [9.17, 15) is 9.59 Å². The molecule has 0 unspecified atom stereocenters. The minimum Gasteiger partial charge on any atom is -0.306 e. The first-order chi connectivity index (χ1) is 5.20. The third-order valence-corrected chi connectivity index (χ3v) is 1.63. The Kier molecular flexibility index (Phi) is 5.46. The van der Waals surface area contributed by atoms with Crippen LogP contribution in [0.15, 0.2) is 4.99 Å². The average molecular weight is 174 g/mol. The number of aliphatic imine (C=N–C) groups is 1. The molecule has 0 saturated carbocycles. The van der Waals surface area contributed by atoms with Crippen LogP contribution in [0.4, 0.5) is 0 Å². The van der Waals surface area contributed by atoms with Crippen LogP contribution in [0, 0.1) is 0 Å². The highest BCUT2D eigenvalue weighted by Gasteiger charge is 1.99. The normalized spacial score (nSPS) is 10.9. The molecule has 11 heavy (non-hydrogen) atoms. The van der Waals surface area contributed by atoms with Crippen LogP contribution in [0.3, 0.4) is 0 Å². The molecule has 4 nitrogen and oxygen atoms in total. The topological polar surface area (TPSA) is 58.5 Å². The zero-order chi connectivity index (χ0) is 8.69. The minimum atomic E-state index is -0.177. The van der Waals surface area contributed by atoms with E-state index in [0.717, 1.165) is 6.29 Å². The van der Waals surface area contributed by atoms with Crippen molar-refractivity contribution in [3.05, 3.63) is 0 Å². The standard InChI is InChI=1S/C6H10N2O2S/c1-5(10)8-6(7-2)11-4-3-9/h3H,4H2,1-2H3,(H,7,8,10). The lowest BCUT2D eigenvalue weighted by molar-refractivity contribution is -0.117. The minimum absolute atomic E-state index is 0.177. The van der Waals surface area contributed by atoms with E-state index in [1.165, 1.54) is 18.7 Å². The highest BCUT2D eigenvalue weighted by Crippen LogP contribution is 1.98. The Morgan fingerprint density at radius 3 is 2.73 bits per heavy atom. The highest BCUT2D eigenvalue weighted by atomic mass is 32.2. The molecule has 0 aromatic carbocycles. The van der Waals surface area contributed by atoms with Crippen molar-refractivity contribution in [2.24, 2.45) is 4.99 Å². The Balaban J connectivity index is 3.77. The van der Waals surface area contributed by atoms with E-state index in [2.05, 4.69) is 10.3 Å². The number of aldehydes is 1. The fourth-order valence-electron chi connectivity index (χ4n) is 0.420. The summed E-state index contributed by atoms with van der Waals surface area (Å²) in [7, 11) is 1.56. The molecule has 0 atom stereocenters. The lowest BCUT2D eigenvalue weighted by Gasteiger charge is -2.01. The summed E-state index contributed by atoms with van der Waals surface area (Å²) >= 11 is 1.20. The van der Waals surface area contributed by atoms with E-state index in [0.29, 0.717) is 10.9 Å². The molecule has 0 rings (SSSR count). The van der Waals surface area contributed by atoms with Crippen LogP contribution < -0.4 is 5.32 Å². The number of nitrogens with one attached hydrogen (secondary N) is 1. The molecule has 0 aliphatic rings. The number of carbonyl (C=O) groups excluding carboxylic acids is 2.